The molecule has 2 aromatic rings. The topological polar surface area (TPSA) is 104 Å². The number of aryl methyl sites for hydroxylation is 1. The van der Waals surface area contributed by atoms with Crippen LogP contribution in [0, 0.1) is 11.3 Å². The van der Waals surface area contributed by atoms with E-state index in [1.165, 1.54) is 21.8 Å². The molecule has 168 valence electrons. The van der Waals surface area contributed by atoms with Crippen molar-refractivity contribution in [1.29, 1.82) is 0 Å². The second kappa shape index (κ2) is 9.40. The van der Waals surface area contributed by atoms with E-state index in [9.17, 15) is 18.0 Å². The third kappa shape index (κ3) is 6.54. The Labute approximate surface area is 187 Å². The summed E-state index contributed by atoms with van der Waals surface area (Å²) >= 11 is 1.46. The highest BCUT2D eigenvalue weighted by molar-refractivity contribution is 7.92. The maximum absolute atomic E-state index is 12.4. The van der Waals surface area contributed by atoms with Crippen molar-refractivity contribution in [2.45, 2.75) is 46.5 Å². The molecule has 9 heteroatoms. The minimum atomic E-state index is -3.66. The quantitative estimate of drug-likeness (QED) is 0.570. The van der Waals surface area contributed by atoms with Crippen molar-refractivity contribution in [2.75, 3.05) is 10.5 Å². The van der Waals surface area contributed by atoms with Gasteiger partial charge in [-0.05, 0) is 54.4 Å². The van der Waals surface area contributed by atoms with Gasteiger partial charge in [-0.3, -0.25) is 25.2 Å². The van der Waals surface area contributed by atoms with Crippen molar-refractivity contribution < 1.29 is 18.0 Å². The number of nitrogens with one attached hydrogen (secondary N) is 3. The number of anilines is 1. The number of fused-ring (bicyclic) bond motifs is 1. The lowest BCUT2D eigenvalue weighted by atomic mass is 9.72. The van der Waals surface area contributed by atoms with Gasteiger partial charge < -0.3 is 0 Å². The number of thiophene rings is 1. The van der Waals surface area contributed by atoms with Crippen LogP contribution >= 0.6 is 11.3 Å². The first-order chi connectivity index (χ1) is 14.5. The summed E-state index contributed by atoms with van der Waals surface area (Å²) < 4.78 is 26.6. The number of hydrazine groups is 1. The van der Waals surface area contributed by atoms with Crippen LogP contribution in [0.5, 0.6) is 0 Å². The Morgan fingerprint density at radius 3 is 2.52 bits per heavy atom. The fourth-order valence-electron chi connectivity index (χ4n) is 3.59. The number of sulfonamides is 1. The smallest absolute Gasteiger partial charge is 0.279 e. The summed E-state index contributed by atoms with van der Waals surface area (Å²) in [4.78, 5) is 26.2. The molecular weight excluding hydrogens is 434 g/mol. The van der Waals surface area contributed by atoms with Crippen LogP contribution in [0.15, 0.2) is 36.4 Å². The van der Waals surface area contributed by atoms with Crippen LogP contribution in [0.4, 0.5) is 5.69 Å². The maximum atomic E-state index is 12.4. The van der Waals surface area contributed by atoms with Gasteiger partial charge in [0.2, 0.25) is 15.9 Å². The minimum Gasteiger partial charge on any atom is -0.284 e. The van der Waals surface area contributed by atoms with Crippen LogP contribution in [-0.4, -0.2) is 26.0 Å². The zero-order valence-electron chi connectivity index (χ0n) is 18.0. The van der Waals surface area contributed by atoms with Crippen LogP contribution in [0.3, 0.4) is 0 Å². The van der Waals surface area contributed by atoms with Crippen molar-refractivity contribution in [3.05, 3.63) is 51.7 Å². The number of hydrogen-bond donors (Lipinski definition) is 3. The number of para-hydroxylation sites is 1. The molecule has 1 heterocycles. The van der Waals surface area contributed by atoms with Gasteiger partial charge in [-0.25, -0.2) is 8.42 Å². The van der Waals surface area contributed by atoms with E-state index >= 15 is 0 Å². The normalized spacial score (nSPS) is 16.3. The molecule has 0 aliphatic heterocycles. The van der Waals surface area contributed by atoms with Crippen molar-refractivity contribution >= 4 is 38.9 Å². The Hall–Kier alpha value is -2.39. The van der Waals surface area contributed by atoms with Gasteiger partial charge in [0.25, 0.3) is 5.91 Å². The minimum absolute atomic E-state index is 0.228. The second-order valence-corrected chi connectivity index (χ2v) is 11.9. The van der Waals surface area contributed by atoms with Crippen LogP contribution in [0.2, 0.25) is 0 Å². The molecule has 0 spiro atoms. The molecule has 3 rings (SSSR count). The highest BCUT2D eigenvalue weighted by atomic mass is 32.2. The molecule has 0 radical (unpaired) electrons. The molecule has 0 saturated carbocycles. The molecule has 3 N–H and O–H groups in total. The summed E-state index contributed by atoms with van der Waals surface area (Å²) in [7, 11) is -3.66. The predicted molar refractivity (Wildman–Crippen MR) is 123 cm³/mol. The Bertz CT molecular complexity index is 1040. The van der Waals surface area contributed by atoms with E-state index in [2.05, 4.69) is 36.3 Å². The summed E-state index contributed by atoms with van der Waals surface area (Å²) in [6.45, 7) is 6.73. The fraction of sp³-hybridized carbons (Fsp3) is 0.455. The second-order valence-electron chi connectivity index (χ2n) is 8.90. The summed E-state index contributed by atoms with van der Waals surface area (Å²) in [6.07, 6.45) is 2.77. The van der Waals surface area contributed by atoms with E-state index in [-0.39, 0.29) is 23.5 Å². The molecule has 1 atom stereocenters. The van der Waals surface area contributed by atoms with Gasteiger partial charge in [0.15, 0.2) is 0 Å². The first-order valence-corrected chi connectivity index (χ1v) is 12.8. The molecule has 1 aromatic heterocycles. The highest BCUT2D eigenvalue weighted by Crippen LogP contribution is 2.40. The summed E-state index contributed by atoms with van der Waals surface area (Å²) in [6, 6.07) is 10.4. The number of rotatable bonds is 6. The molecule has 7 nitrogen and oxygen atoms in total. The maximum Gasteiger partial charge on any atom is 0.279 e. The third-order valence-electron chi connectivity index (χ3n) is 5.49. The number of carbonyl (C=O) groups is 2. The van der Waals surface area contributed by atoms with E-state index in [1.54, 1.807) is 30.3 Å². The zero-order valence-corrected chi connectivity index (χ0v) is 19.7. The van der Waals surface area contributed by atoms with Crippen LogP contribution in [-0.2, 0) is 27.7 Å². The van der Waals surface area contributed by atoms with Crippen LogP contribution in [0.25, 0.3) is 0 Å². The largest absolute Gasteiger partial charge is 0.284 e. The Morgan fingerprint density at radius 1 is 1.13 bits per heavy atom. The van der Waals surface area contributed by atoms with E-state index < -0.39 is 15.9 Å². The molecule has 2 amide bonds. The predicted octanol–water partition coefficient (Wildman–Crippen LogP) is 3.49. The van der Waals surface area contributed by atoms with Crippen molar-refractivity contribution in [1.82, 2.24) is 10.9 Å². The summed E-state index contributed by atoms with van der Waals surface area (Å²) in [5.74, 6) is -0.756. The standard InChI is InChI=1S/C22H29N3O4S2/c1-22(2,3)16-9-10-18-15(13-16)14-19(30-18)21(27)24-23-20(26)11-12-31(28,29)25-17-7-5-4-6-8-17/h4-8,14,16,25H,9-13H2,1-3H3,(H,23,26)(H,24,27)/t16-/m0/s1. The van der Waals surface area contributed by atoms with Gasteiger partial charge in [-0.2, -0.15) is 0 Å². The SMILES string of the molecule is CC(C)(C)[C@H]1CCc2sc(C(=O)NNC(=O)CCS(=O)(=O)Nc3ccccc3)cc2C1. The molecule has 0 fully saturated rings. The number of carbonyl (C=O) groups excluding carboxylic acids is 2. The molecule has 1 aliphatic rings. The monoisotopic (exact) mass is 463 g/mol. The first kappa shape index (κ1) is 23.3. The van der Waals surface area contributed by atoms with E-state index in [0.29, 0.717) is 16.5 Å². The molecule has 31 heavy (non-hydrogen) atoms. The number of benzene rings is 1. The first-order valence-electron chi connectivity index (χ1n) is 10.3. The van der Waals surface area contributed by atoms with Gasteiger partial charge in [-0.1, -0.05) is 39.0 Å². The molecule has 0 unspecified atom stereocenters. The zero-order chi connectivity index (χ0) is 22.6. The molecule has 1 aliphatic carbocycles. The van der Waals surface area contributed by atoms with Gasteiger partial charge >= 0.3 is 0 Å². The van der Waals surface area contributed by atoms with Gasteiger partial charge in [0, 0.05) is 17.0 Å². The Kier molecular flexibility index (Phi) is 7.06. The molecule has 0 saturated heterocycles. The lowest BCUT2D eigenvalue weighted by molar-refractivity contribution is -0.121. The fourth-order valence-corrected chi connectivity index (χ4v) is 5.74. The van der Waals surface area contributed by atoms with E-state index in [0.717, 1.165) is 19.3 Å². The van der Waals surface area contributed by atoms with Crippen molar-refractivity contribution in [3.63, 3.8) is 0 Å². The number of hydrogen-bond acceptors (Lipinski definition) is 5. The lowest BCUT2D eigenvalue weighted by Gasteiger charge is -2.33. The molecule has 1 aromatic carbocycles. The Balaban J connectivity index is 1.48. The Morgan fingerprint density at radius 2 is 1.84 bits per heavy atom. The molecular formula is C22H29N3O4S2. The third-order valence-corrected chi connectivity index (χ3v) is 8.02. The lowest BCUT2D eigenvalue weighted by Crippen LogP contribution is -2.42. The van der Waals surface area contributed by atoms with Gasteiger partial charge in [-0.15, -0.1) is 11.3 Å². The van der Waals surface area contributed by atoms with E-state index in [4.69, 9.17) is 0 Å². The van der Waals surface area contributed by atoms with Crippen LogP contribution in [0.1, 0.15) is 53.7 Å². The molecule has 0 bridgehead atoms. The van der Waals surface area contributed by atoms with Gasteiger partial charge in [0.05, 0.1) is 10.6 Å². The van der Waals surface area contributed by atoms with Crippen LogP contribution < -0.4 is 15.6 Å². The number of amides is 2. The van der Waals surface area contributed by atoms with Crippen molar-refractivity contribution in [2.24, 2.45) is 11.3 Å². The van der Waals surface area contributed by atoms with Crippen molar-refractivity contribution in [3.8, 4) is 0 Å². The average molecular weight is 464 g/mol. The van der Waals surface area contributed by atoms with E-state index in [1.807, 2.05) is 6.07 Å². The van der Waals surface area contributed by atoms with Gasteiger partial charge in [0.1, 0.15) is 0 Å². The summed E-state index contributed by atoms with van der Waals surface area (Å²) in [5, 5.41) is 0. The summed E-state index contributed by atoms with van der Waals surface area (Å²) in [5.41, 5.74) is 6.58. The average Bonchev–Trinajstić information content (AvgIpc) is 3.14. The highest BCUT2D eigenvalue weighted by Gasteiger charge is 2.30.